The summed E-state index contributed by atoms with van der Waals surface area (Å²) < 4.78 is 0. The second kappa shape index (κ2) is 9.04. The molecule has 3 heterocycles. The Morgan fingerprint density at radius 2 is 1.64 bits per heavy atom. The summed E-state index contributed by atoms with van der Waals surface area (Å²) in [5.41, 5.74) is 3.12. The molecule has 3 aliphatic heterocycles. The predicted octanol–water partition coefficient (Wildman–Crippen LogP) is 6.35. The first-order valence-corrected chi connectivity index (χ1v) is 13.8. The van der Waals surface area contributed by atoms with Crippen molar-refractivity contribution in [3.8, 4) is 0 Å². The zero-order valence-electron chi connectivity index (χ0n) is 22.9. The van der Waals surface area contributed by atoms with Gasteiger partial charge in [-0.25, -0.2) is 0 Å². The molecule has 0 aromatic heterocycles. The third kappa shape index (κ3) is 3.63. The van der Waals surface area contributed by atoms with E-state index < -0.39 is 28.8 Å². The standard InChI is InChI=1S/C34H34N2O3/c1-5-10-21-15-17-23(18-16-21)29(37)27-28(31(38)33(2,3)4)36-20-19-22-11-6-7-12-24(22)30(36)34(27)25-13-8-9-14-26(25)35-32(34)39/h6-9,11-20,27-28,30H,5,10H2,1-4H3,(H,35,39)/t27-,28-,30+,34-/m0/s1. The normalized spacial score (nSPS) is 24.8. The monoisotopic (exact) mass is 518 g/mol. The Kier molecular flexibility index (Phi) is 5.87. The molecule has 0 bridgehead atoms. The Bertz CT molecular complexity index is 1510. The van der Waals surface area contributed by atoms with Crippen LogP contribution in [0.2, 0.25) is 0 Å². The molecule has 3 aliphatic rings. The van der Waals surface area contributed by atoms with Crippen molar-refractivity contribution in [2.24, 2.45) is 11.3 Å². The van der Waals surface area contributed by atoms with Gasteiger partial charge < -0.3 is 10.2 Å². The minimum Gasteiger partial charge on any atom is -0.358 e. The van der Waals surface area contributed by atoms with E-state index in [1.54, 1.807) is 0 Å². The Balaban J connectivity index is 1.64. The summed E-state index contributed by atoms with van der Waals surface area (Å²) in [7, 11) is 0. The molecule has 1 fully saturated rings. The second-order valence-corrected chi connectivity index (χ2v) is 12.0. The van der Waals surface area contributed by atoms with Crippen LogP contribution < -0.4 is 5.32 Å². The minimum atomic E-state index is -1.28. The molecule has 0 saturated carbocycles. The van der Waals surface area contributed by atoms with E-state index in [0.717, 1.165) is 35.1 Å². The van der Waals surface area contributed by atoms with E-state index in [2.05, 4.69) is 12.2 Å². The van der Waals surface area contributed by atoms with Gasteiger partial charge in [0.05, 0.1) is 18.0 Å². The molecule has 0 unspecified atom stereocenters. The number of aryl methyl sites for hydroxylation is 1. The molecule has 0 radical (unpaired) electrons. The topological polar surface area (TPSA) is 66.5 Å². The Morgan fingerprint density at radius 1 is 0.949 bits per heavy atom. The van der Waals surface area contributed by atoms with Crippen molar-refractivity contribution in [1.29, 1.82) is 0 Å². The van der Waals surface area contributed by atoms with Crippen LogP contribution in [-0.4, -0.2) is 28.4 Å². The highest BCUT2D eigenvalue weighted by molar-refractivity contribution is 6.15. The van der Waals surface area contributed by atoms with Gasteiger partial charge in [-0.3, -0.25) is 14.4 Å². The number of carbonyl (C=O) groups excluding carboxylic acids is 3. The van der Waals surface area contributed by atoms with E-state index >= 15 is 0 Å². The highest BCUT2D eigenvalue weighted by Gasteiger charge is 2.71. The number of fused-ring (bicyclic) bond motifs is 6. The Hall–Kier alpha value is -3.99. The first-order valence-electron chi connectivity index (χ1n) is 13.8. The van der Waals surface area contributed by atoms with Gasteiger partial charge in [0.25, 0.3) is 0 Å². The van der Waals surface area contributed by atoms with Gasteiger partial charge in [-0.1, -0.05) is 101 Å². The molecule has 5 nitrogen and oxygen atoms in total. The van der Waals surface area contributed by atoms with Gasteiger partial charge in [-0.2, -0.15) is 0 Å². The van der Waals surface area contributed by atoms with Gasteiger partial charge in [-0.15, -0.1) is 0 Å². The molecule has 39 heavy (non-hydrogen) atoms. The third-order valence-corrected chi connectivity index (χ3v) is 8.64. The van der Waals surface area contributed by atoms with E-state index in [1.165, 1.54) is 0 Å². The lowest BCUT2D eigenvalue weighted by molar-refractivity contribution is -0.131. The van der Waals surface area contributed by atoms with Crippen LogP contribution in [0.15, 0.2) is 79.0 Å². The smallest absolute Gasteiger partial charge is 0.238 e. The molecule has 4 atom stereocenters. The number of hydrogen-bond acceptors (Lipinski definition) is 4. The largest absolute Gasteiger partial charge is 0.358 e. The van der Waals surface area contributed by atoms with Crippen molar-refractivity contribution >= 4 is 29.2 Å². The molecule has 1 amide bonds. The number of anilines is 1. The number of rotatable bonds is 5. The lowest BCUT2D eigenvalue weighted by atomic mass is 9.62. The minimum absolute atomic E-state index is 0.0495. The van der Waals surface area contributed by atoms with Gasteiger partial charge in [0.15, 0.2) is 11.6 Å². The number of para-hydroxylation sites is 1. The highest BCUT2D eigenvalue weighted by Crippen LogP contribution is 2.62. The van der Waals surface area contributed by atoms with Gasteiger partial charge in [0.2, 0.25) is 5.91 Å². The lowest BCUT2D eigenvalue weighted by Crippen LogP contribution is -2.50. The fourth-order valence-corrected chi connectivity index (χ4v) is 6.92. The second-order valence-electron chi connectivity index (χ2n) is 12.0. The van der Waals surface area contributed by atoms with Crippen LogP contribution in [0.1, 0.15) is 72.8 Å². The summed E-state index contributed by atoms with van der Waals surface area (Å²) in [5.74, 6) is -1.36. The number of amides is 1. The summed E-state index contributed by atoms with van der Waals surface area (Å²) in [6.07, 6.45) is 5.86. The van der Waals surface area contributed by atoms with Crippen molar-refractivity contribution in [3.05, 3.63) is 107 Å². The van der Waals surface area contributed by atoms with Crippen LogP contribution in [0, 0.1) is 11.3 Å². The van der Waals surface area contributed by atoms with Crippen LogP contribution in [0.3, 0.4) is 0 Å². The fourth-order valence-electron chi connectivity index (χ4n) is 6.92. The van der Waals surface area contributed by atoms with Crippen molar-refractivity contribution in [2.75, 3.05) is 5.32 Å². The predicted molar refractivity (Wildman–Crippen MR) is 153 cm³/mol. The summed E-state index contributed by atoms with van der Waals surface area (Å²) in [4.78, 5) is 45.5. The van der Waals surface area contributed by atoms with E-state index in [1.807, 2.05) is 111 Å². The summed E-state index contributed by atoms with van der Waals surface area (Å²) in [6, 6.07) is 22.0. The van der Waals surface area contributed by atoms with Gasteiger partial charge in [0, 0.05) is 22.9 Å². The number of benzene rings is 3. The Morgan fingerprint density at radius 3 is 2.36 bits per heavy atom. The van der Waals surface area contributed by atoms with Crippen molar-refractivity contribution in [3.63, 3.8) is 0 Å². The highest BCUT2D eigenvalue weighted by atomic mass is 16.2. The lowest BCUT2D eigenvalue weighted by Gasteiger charge is -2.38. The molecule has 3 aromatic carbocycles. The maximum atomic E-state index is 14.7. The number of nitrogens with zero attached hydrogens (tertiary/aromatic N) is 1. The Labute approximate surface area is 229 Å². The molecule has 6 rings (SSSR count). The van der Waals surface area contributed by atoms with E-state index in [4.69, 9.17) is 0 Å². The molecule has 3 aromatic rings. The van der Waals surface area contributed by atoms with Gasteiger partial charge in [-0.05, 0) is 40.8 Å². The molecular formula is C34H34N2O3. The van der Waals surface area contributed by atoms with E-state index in [-0.39, 0.29) is 17.5 Å². The van der Waals surface area contributed by atoms with Crippen molar-refractivity contribution in [1.82, 2.24) is 4.90 Å². The molecule has 1 spiro atoms. The number of Topliss-reactive ketones (excluding diaryl/α,β-unsaturated/α-hetero) is 2. The molecule has 0 aliphatic carbocycles. The zero-order valence-corrected chi connectivity index (χ0v) is 22.9. The van der Waals surface area contributed by atoms with Crippen molar-refractivity contribution in [2.45, 2.75) is 58.0 Å². The zero-order chi connectivity index (χ0) is 27.5. The number of carbonyl (C=O) groups is 3. The SMILES string of the molecule is CCCc1ccc(C(=O)[C@@H]2[C@@H](C(=O)C(C)(C)C)N3C=Cc4ccccc4[C@@H]3[C@@]23C(=O)Nc2ccccc23)cc1. The average molecular weight is 519 g/mol. The summed E-state index contributed by atoms with van der Waals surface area (Å²) >= 11 is 0. The number of ketones is 2. The van der Waals surface area contributed by atoms with Crippen molar-refractivity contribution < 1.29 is 14.4 Å². The first-order chi connectivity index (χ1) is 18.7. The molecule has 1 N–H and O–H groups in total. The van der Waals surface area contributed by atoms with Crippen LogP contribution in [0.5, 0.6) is 0 Å². The quantitative estimate of drug-likeness (QED) is 0.400. The summed E-state index contributed by atoms with van der Waals surface area (Å²) in [5, 5.41) is 3.10. The molecule has 1 saturated heterocycles. The van der Waals surface area contributed by atoms with Crippen LogP contribution in [-0.2, 0) is 21.4 Å². The first kappa shape index (κ1) is 25.3. The number of hydrogen-bond donors (Lipinski definition) is 1. The van der Waals surface area contributed by atoms with Crippen LogP contribution in [0.25, 0.3) is 6.08 Å². The summed E-state index contributed by atoms with van der Waals surface area (Å²) in [6.45, 7) is 7.80. The maximum Gasteiger partial charge on any atom is 0.238 e. The van der Waals surface area contributed by atoms with E-state index in [0.29, 0.717) is 11.3 Å². The number of nitrogens with one attached hydrogen (secondary N) is 1. The average Bonchev–Trinajstić information content (AvgIpc) is 3.40. The molecule has 198 valence electrons. The van der Waals surface area contributed by atoms with Gasteiger partial charge >= 0.3 is 0 Å². The van der Waals surface area contributed by atoms with Crippen LogP contribution in [0.4, 0.5) is 5.69 Å². The van der Waals surface area contributed by atoms with Gasteiger partial charge in [0.1, 0.15) is 5.41 Å². The maximum absolute atomic E-state index is 14.7. The molecular weight excluding hydrogens is 484 g/mol. The third-order valence-electron chi connectivity index (χ3n) is 8.64. The van der Waals surface area contributed by atoms with Crippen LogP contribution >= 0.6 is 0 Å². The fraction of sp³-hybridized carbons (Fsp3) is 0.324. The molecule has 5 heteroatoms. The van der Waals surface area contributed by atoms with E-state index in [9.17, 15) is 14.4 Å².